The van der Waals surface area contributed by atoms with E-state index >= 15 is 4.39 Å². The summed E-state index contributed by atoms with van der Waals surface area (Å²) >= 11 is 0. The first-order valence-electron chi connectivity index (χ1n) is 31.0. The summed E-state index contributed by atoms with van der Waals surface area (Å²) in [5.41, 5.74) is -3.07. The minimum absolute atomic E-state index is 0. The minimum atomic E-state index is -3.79. The Kier molecular flexibility index (Phi) is 25.4. The minimum Gasteiger partial charge on any atom is -1.00 e. The molecule has 0 saturated carbocycles. The molecule has 548 valence electrons. The van der Waals surface area contributed by atoms with Gasteiger partial charge in [-0.1, -0.05) is 15.5 Å². The van der Waals surface area contributed by atoms with Crippen molar-refractivity contribution in [2.75, 3.05) is 93.0 Å². The van der Waals surface area contributed by atoms with Crippen molar-refractivity contribution in [3.05, 3.63) is 154 Å². The molecule has 6 aromatic rings. The summed E-state index contributed by atoms with van der Waals surface area (Å²) in [7, 11) is -3.79. The normalized spacial score (nSPS) is 18.0. The van der Waals surface area contributed by atoms with Gasteiger partial charge in [0.05, 0.1) is 60.9 Å². The molecule has 3 fully saturated rings. The van der Waals surface area contributed by atoms with E-state index in [1.807, 2.05) is 19.9 Å². The molecule has 3 saturated heterocycles. The van der Waals surface area contributed by atoms with Gasteiger partial charge in [-0.3, -0.25) is 38.2 Å². The van der Waals surface area contributed by atoms with Gasteiger partial charge in [-0.2, -0.15) is 8.42 Å². The Morgan fingerprint density at radius 2 is 0.942 bits per heavy atom. The molecule has 103 heavy (non-hydrogen) atoms. The number of carbonyl (C=O) groups is 7. The number of nitrogens with zero attached hydrogens (tertiary/aromatic N) is 10. The second kappa shape index (κ2) is 33.2. The summed E-state index contributed by atoms with van der Waals surface area (Å²) in [5.74, 6) is -10.7. The Morgan fingerprint density at radius 1 is 0.553 bits per heavy atom. The quantitative estimate of drug-likeness (QED) is 0.0307. The van der Waals surface area contributed by atoms with E-state index in [1.54, 1.807) is 40.7 Å². The maximum atomic E-state index is 15.1. The fourth-order valence-corrected chi connectivity index (χ4v) is 11.0. The zero-order valence-electron chi connectivity index (χ0n) is 57.6. The van der Waals surface area contributed by atoms with Crippen LogP contribution in [0.4, 0.5) is 98.6 Å². The standard InChI is InChI=1S/C24H25F3N4O6.C20H18F3N3O4.C16H15F3N2O6S.C5H7NO.Na.H/c1-13-9-18(28-37-13)31(23(34)36-24(2,3)4)12-15-11-30(22(33)35-15)17-10-16(25)21(20(27)19(17)26)29-7-5-14(32)6-8-29;1-11-8-12(24-30-11)2-3-14-10-26(20(28)29-14)16-9-15(21)19(18(23)17(16)22)25-6-4-13(27)5-7-25;1-28(24,25)26-8-10-7-21(16(23)27-10)12-6-11(17)15(14(19)13(12)18)20-4-2-9(22)3-5-20;1-4-3-5(2)7-6-4;;/h5,7,9-10,15H,6,8,11-12H2,1-4H3;4,6,8-9,14H,2-3,5,7,10H2,1H3;2,4,6,10H,3,5,7-8H2,1H3;3H,1-2H3;;/q;;;;+1;-1/t15-;14-;10-;;;/m101.../s1. The topological polar surface area (TPSA) is 301 Å². The number of amides is 4. The first-order chi connectivity index (χ1) is 48.0. The fraction of sp³-hybridized carbons (Fsp3) is 0.385. The molecule has 6 aliphatic rings. The van der Waals surface area contributed by atoms with Gasteiger partial charge in [0.15, 0.2) is 75.5 Å². The SMILES string of the molecule is CS(=O)(=O)OC[C@H]1CN(c2cc(F)c(N3C=CC(=O)CC3)c(F)c2F)C(=O)O1.Cc1cc(C)on1.Cc1cc(CC[C@H]2CN(c3cc(F)c(N4C=CC(=O)CC4)c(F)c3F)C(=O)O2)no1.Cc1cc(N(C[C@H]2CN(c3cc(F)c(N4C=CC(=O)CC4)c(F)c3F)C(=O)O2)C(=O)OC(C)(C)C)no1.[H-].[Na+]. The van der Waals surface area contributed by atoms with E-state index < -0.39 is 151 Å². The number of aromatic nitrogens is 3. The molecule has 27 nitrogen and oxygen atoms in total. The number of hydrogen-bond donors (Lipinski definition) is 0. The average Bonchev–Trinajstić information content (AvgIpc) is 1.67. The molecule has 9 heterocycles. The van der Waals surface area contributed by atoms with Crippen LogP contribution in [0.5, 0.6) is 0 Å². The van der Waals surface area contributed by atoms with E-state index in [1.165, 1.54) is 24.5 Å². The Balaban J connectivity index is 0.000000208. The number of allylic oxidation sites excluding steroid dienone is 3. The van der Waals surface area contributed by atoms with E-state index in [9.17, 15) is 77.1 Å². The molecule has 0 spiro atoms. The third kappa shape index (κ3) is 19.7. The van der Waals surface area contributed by atoms with Crippen molar-refractivity contribution >= 4 is 91.8 Å². The number of carbonyl (C=O) groups excluding carboxylic acids is 7. The van der Waals surface area contributed by atoms with Crippen LogP contribution < -0.4 is 63.9 Å². The van der Waals surface area contributed by atoms with Crippen LogP contribution in [-0.4, -0.2) is 148 Å². The molecule has 12 rings (SSSR count). The number of anilines is 7. The Morgan fingerprint density at radius 3 is 1.29 bits per heavy atom. The average molecular weight is 1490 g/mol. The van der Waals surface area contributed by atoms with Gasteiger partial charge in [0, 0.05) is 93.9 Å². The molecule has 0 radical (unpaired) electrons. The van der Waals surface area contributed by atoms with Crippen LogP contribution in [0.3, 0.4) is 0 Å². The molecule has 0 bridgehead atoms. The van der Waals surface area contributed by atoms with Crippen LogP contribution in [0, 0.1) is 80.0 Å². The van der Waals surface area contributed by atoms with Crippen molar-refractivity contribution in [3.8, 4) is 0 Å². The van der Waals surface area contributed by atoms with Gasteiger partial charge < -0.3 is 48.6 Å². The third-order valence-electron chi connectivity index (χ3n) is 15.3. The number of rotatable bonds is 15. The molecular weight excluding hydrogens is 1420 g/mol. The Bertz CT molecular complexity index is 4440. The van der Waals surface area contributed by atoms with Crippen molar-refractivity contribution in [3.63, 3.8) is 0 Å². The Hall–Kier alpha value is -9.72. The fourth-order valence-electron chi connectivity index (χ4n) is 10.6. The molecular formula is C65H66F9N10NaO17S. The van der Waals surface area contributed by atoms with Gasteiger partial charge in [-0.05, 0) is 79.5 Å². The molecule has 3 aromatic carbocycles. The molecule has 4 amide bonds. The van der Waals surface area contributed by atoms with Gasteiger partial charge >= 0.3 is 53.9 Å². The molecule has 0 unspecified atom stereocenters. The van der Waals surface area contributed by atoms with Crippen LogP contribution in [0.15, 0.2) is 86.8 Å². The predicted octanol–water partition coefficient (Wildman–Crippen LogP) is 8.22. The number of ketones is 3. The van der Waals surface area contributed by atoms with Gasteiger partial charge in [0.1, 0.15) is 64.9 Å². The zero-order valence-corrected chi connectivity index (χ0v) is 59.4. The molecule has 0 N–H and O–H groups in total. The number of aryl methyl sites for hydroxylation is 5. The van der Waals surface area contributed by atoms with E-state index in [0.717, 1.165) is 71.5 Å². The number of benzene rings is 3. The summed E-state index contributed by atoms with van der Waals surface area (Å²) in [6, 6.07) is 7.21. The van der Waals surface area contributed by atoms with Gasteiger partial charge in [0.2, 0.25) is 0 Å². The molecule has 6 aliphatic heterocycles. The van der Waals surface area contributed by atoms with Crippen LogP contribution in [0.25, 0.3) is 0 Å². The number of hydrogen-bond acceptors (Lipinski definition) is 23. The maximum Gasteiger partial charge on any atom is 1.00 e. The van der Waals surface area contributed by atoms with Gasteiger partial charge in [-0.15, -0.1) is 0 Å². The van der Waals surface area contributed by atoms with E-state index in [0.29, 0.717) is 47.1 Å². The summed E-state index contributed by atoms with van der Waals surface area (Å²) < 4.78 is 195. The van der Waals surface area contributed by atoms with Crippen LogP contribution in [0.1, 0.15) is 76.5 Å². The van der Waals surface area contributed by atoms with Crippen molar-refractivity contribution in [2.45, 2.75) is 104 Å². The summed E-state index contributed by atoms with van der Waals surface area (Å²) in [6.07, 6.45) is 2.20. The molecule has 3 atom stereocenters. The number of ether oxygens (including phenoxy) is 4. The van der Waals surface area contributed by atoms with Gasteiger partial charge in [0.25, 0.3) is 10.1 Å². The van der Waals surface area contributed by atoms with E-state index in [2.05, 4.69) is 19.7 Å². The Labute approximate surface area is 605 Å². The number of cyclic esters (lactones) is 3. The first kappa shape index (κ1) is 79.0. The summed E-state index contributed by atoms with van der Waals surface area (Å²) in [4.78, 5) is 90.0. The second-order valence-corrected chi connectivity index (χ2v) is 26.2. The smallest absolute Gasteiger partial charge is 1.00 e. The first-order valence-corrected chi connectivity index (χ1v) is 32.8. The van der Waals surface area contributed by atoms with E-state index in [4.69, 9.17) is 32.5 Å². The zero-order chi connectivity index (χ0) is 74.4. The van der Waals surface area contributed by atoms with Crippen LogP contribution in [0.2, 0.25) is 0 Å². The van der Waals surface area contributed by atoms with Crippen LogP contribution >= 0.6 is 0 Å². The molecule has 3 aromatic heterocycles. The van der Waals surface area contributed by atoms with E-state index in [-0.39, 0.29) is 119 Å². The third-order valence-corrected chi connectivity index (χ3v) is 15.9. The van der Waals surface area contributed by atoms with Crippen molar-refractivity contribution < 1.29 is 149 Å². The van der Waals surface area contributed by atoms with Crippen LogP contribution in [-0.2, 0) is 54.1 Å². The van der Waals surface area contributed by atoms with Crippen molar-refractivity contribution in [2.24, 2.45) is 0 Å². The maximum absolute atomic E-state index is 15.1. The van der Waals surface area contributed by atoms with Crippen molar-refractivity contribution in [1.29, 1.82) is 0 Å². The molecule has 38 heteroatoms. The predicted molar refractivity (Wildman–Crippen MR) is 342 cm³/mol. The van der Waals surface area contributed by atoms with Gasteiger partial charge in [-0.25, -0.2) is 58.7 Å². The number of halogens is 9. The largest absolute Gasteiger partial charge is 1.00 e. The second-order valence-electron chi connectivity index (χ2n) is 24.5. The summed E-state index contributed by atoms with van der Waals surface area (Å²) in [5, 5.41) is 11.3. The monoisotopic (exact) mass is 1480 g/mol. The summed E-state index contributed by atoms with van der Waals surface area (Å²) in [6.45, 7) is 10.6. The van der Waals surface area contributed by atoms with Crippen molar-refractivity contribution in [1.82, 2.24) is 15.5 Å². The molecule has 0 aliphatic carbocycles.